The van der Waals surface area contributed by atoms with Gasteiger partial charge in [-0.25, -0.2) is 12.8 Å². The zero-order valence-corrected chi connectivity index (χ0v) is 26.2. The molecule has 0 saturated carbocycles. The van der Waals surface area contributed by atoms with E-state index in [1.165, 1.54) is 52.5 Å². The standard InChI is InChI=1S/C32H33FN6O4S2/c33-25-12-14-26(15-13-25)39-29(35-36-32(39)44-22-30(40)38-20-6-8-23-7-2-3-9-28(23)38)21-34-31(41)24-10-16-27(17-11-24)45(42,43)37-18-4-1-5-19-37/h2-3,7,9-17H,1,4-6,8,18-22H2,(H,34,41). The van der Waals surface area contributed by atoms with Crippen LogP contribution < -0.4 is 10.2 Å². The van der Waals surface area contributed by atoms with Crippen LogP contribution in [-0.2, 0) is 27.8 Å². The molecule has 0 radical (unpaired) electrons. The molecule has 10 nitrogen and oxygen atoms in total. The smallest absolute Gasteiger partial charge is 0.251 e. The van der Waals surface area contributed by atoms with E-state index in [-0.39, 0.29) is 23.1 Å². The van der Waals surface area contributed by atoms with Crippen molar-refractivity contribution in [2.24, 2.45) is 0 Å². The number of fused-ring (bicyclic) bond motifs is 1. The summed E-state index contributed by atoms with van der Waals surface area (Å²) in [5.74, 6) is -0.370. The van der Waals surface area contributed by atoms with E-state index in [2.05, 4.69) is 15.5 Å². The van der Waals surface area contributed by atoms with Gasteiger partial charge in [0, 0.05) is 36.6 Å². The van der Waals surface area contributed by atoms with Crippen LogP contribution in [0.15, 0.2) is 82.8 Å². The van der Waals surface area contributed by atoms with Crippen LogP contribution in [0.3, 0.4) is 0 Å². The van der Waals surface area contributed by atoms with E-state index < -0.39 is 21.7 Å². The Morgan fingerprint density at radius 2 is 1.60 bits per heavy atom. The Balaban J connectivity index is 1.16. The van der Waals surface area contributed by atoms with Gasteiger partial charge in [-0.05, 0) is 85.8 Å². The number of piperidine rings is 1. The number of carbonyl (C=O) groups excluding carboxylic acids is 2. The highest BCUT2D eigenvalue weighted by molar-refractivity contribution is 7.99. The number of aryl methyl sites for hydroxylation is 1. The zero-order chi connectivity index (χ0) is 31.4. The van der Waals surface area contributed by atoms with Gasteiger partial charge in [-0.2, -0.15) is 4.31 Å². The lowest BCUT2D eigenvalue weighted by Crippen LogP contribution is -2.36. The number of sulfonamides is 1. The quantitative estimate of drug-likeness (QED) is 0.264. The van der Waals surface area contributed by atoms with E-state index in [1.807, 2.05) is 24.3 Å². The molecule has 1 fully saturated rings. The average molecular weight is 649 g/mol. The van der Waals surface area contributed by atoms with E-state index >= 15 is 0 Å². The van der Waals surface area contributed by atoms with Gasteiger partial charge < -0.3 is 10.2 Å². The van der Waals surface area contributed by atoms with E-state index in [0.717, 1.165) is 43.4 Å². The first-order chi connectivity index (χ1) is 21.8. The Labute approximate surface area is 265 Å². The number of para-hydroxylation sites is 1. The molecule has 2 amide bonds. The number of thioether (sulfide) groups is 1. The lowest BCUT2D eigenvalue weighted by atomic mass is 10.0. The third-order valence-corrected chi connectivity index (χ3v) is 10.8. The van der Waals surface area contributed by atoms with Crippen molar-refractivity contribution >= 4 is 39.3 Å². The maximum absolute atomic E-state index is 13.8. The number of halogens is 1. The molecule has 3 aromatic carbocycles. The molecule has 1 N–H and O–H groups in total. The van der Waals surface area contributed by atoms with Crippen LogP contribution in [0.25, 0.3) is 5.69 Å². The molecule has 4 aromatic rings. The van der Waals surface area contributed by atoms with Crippen LogP contribution in [0.4, 0.5) is 10.1 Å². The summed E-state index contributed by atoms with van der Waals surface area (Å²) in [4.78, 5) is 28.3. The third kappa shape index (κ3) is 6.80. The summed E-state index contributed by atoms with van der Waals surface area (Å²) in [5, 5.41) is 11.8. The Morgan fingerprint density at radius 1 is 0.867 bits per heavy atom. The second-order valence-electron chi connectivity index (χ2n) is 10.9. The minimum absolute atomic E-state index is 0.00888. The van der Waals surface area contributed by atoms with E-state index in [4.69, 9.17) is 0 Å². The number of benzene rings is 3. The van der Waals surface area contributed by atoms with E-state index in [0.29, 0.717) is 41.9 Å². The van der Waals surface area contributed by atoms with Crippen LogP contribution >= 0.6 is 11.8 Å². The summed E-state index contributed by atoms with van der Waals surface area (Å²) in [6, 6.07) is 19.6. The number of nitrogens with zero attached hydrogens (tertiary/aromatic N) is 5. The average Bonchev–Trinajstić information content (AvgIpc) is 3.49. The molecule has 0 aliphatic carbocycles. The molecular formula is C32H33FN6O4S2. The molecule has 6 rings (SSSR count). The third-order valence-electron chi connectivity index (χ3n) is 8.00. The van der Waals surface area contributed by atoms with Gasteiger partial charge in [0.25, 0.3) is 5.91 Å². The van der Waals surface area contributed by atoms with Crippen molar-refractivity contribution in [2.75, 3.05) is 30.3 Å². The highest BCUT2D eigenvalue weighted by Gasteiger charge is 2.27. The molecule has 0 spiro atoms. The number of aromatic nitrogens is 3. The Kier molecular flexibility index (Phi) is 9.29. The minimum atomic E-state index is -3.61. The summed E-state index contributed by atoms with van der Waals surface area (Å²) >= 11 is 1.22. The highest BCUT2D eigenvalue weighted by atomic mass is 32.2. The van der Waals surface area contributed by atoms with Crippen LogP contribution in [0.5, 0.6) is 0 Å². The van der Waals surface area contributed by atoms with Gasteiger partial charge in [0.15, 0.2) is 11.0 Å². The summed E-state index contributed by atoms with van der Waals surface area (Å²) in [7, 11) is -3.61. The number of anilines is 1. The highest BCUT2D eigenvalue weighted by Crippen LogP contribution is 2.29. The monoisotopic (exact) mass is 648 g/mol. The largest absolute Gasteiger partial charge is 0.345 e. The molecule has 2 aliphatic heterocycles. The lowest BCUT2D eigenvalue weighted by Gasteiger charge is -2.29. The first kappa shape index (κ1) is 30.9. The first-order valence-electron chi connectivity index (χ1n) is 14.9. The van der Waals surface area contributed by atoms with Crippen molar-refractivity contribution in [3.63, 3.8) is 0 Å². The van der Waals surface area contributed by atoms with Gasteiger partial charge in [-0.3, -0.25) is 14.2 Å². The fraction of sp³-hybridized carbons (Fsp3) is 0.312. The summed E-state index contributed by atoms with van der Waals surface area (Å²) in [6.07, 6.45) is 4.52. The fourth-order valence-corrected chi connectivity index (χ4v) is 8.01. The number of carbonyl (C=O) groups is 2. The van der Waals surface area contributed by atoms with E-state index in [9.17, 15) is 22.4 Å². The molecule has 0 atom stereocenters. The van der Waals surface area contributed by atoms with Gasteiger partial charge in [-0.1, -0.05) is 36.4 Å². The normalized spacial score (nSPS) is 15.4. The van der Waals surface area contributed by atoms with Gasteiger partial charge in [0.1, 0.15) is 5.82 Å². The molecule has 234 valence electrons. The molecule has 3 heterocycles. The van der Waals surface area contributed by atoms with Crippen LogP contribution in [0, 0.1) is 5.82 Å². The van der Waals surface area contributed by atoms with Crippen molar-refractivity contribution in [3.8, 4) is 5.69 Å². The molecule has 2 aliphatic rings. The second kappa shape index (κ2) is 13.5. The molecule has 45 heavy (non-hydrogen) atoms. The molecular weight excluding hydrogens is 616 g/mol. The van der Waals surface area contributed by atoms with Gasteiger partial charge in [0.2, 0.25) is 15.9 Å². The number of nitrogens with one attached hydrogen (secondary N) is 1. The van der Waals surface area contributed by atoms with Crippen LogP contribution in [0.2, 0.25) is 0 Å². The predicted molar refractivity (Wildman–Crippen MR) is 169 cm³/mol. The Bertz CT molecular complexity index is 1790. The van der Waals surface area contributed by atoms with Crippen molar-refractivity contribution in [1.82, 2.24) is 24.4 Å². The van der Waals surface area contributed by atoms with E-state index in [1.54, 1.807) is 21.6 Å². The van der Waals surface area contributed by atoms with Crippen molar-refractivity contribution in [2.45, 2.75) is 48.7 Å². The minimum Gasteiger partial charge on any atom is -0.345 e. The Morgan fingerprint density at radius 3 is 2.36 bits per heavy atom. The predicted octanol–water partition coefficient (Wildman–Crippen LogP) is 4.58. The summed E-state index contributed by atoms with van der Waals surface area (Å²) in [5.41, 5.74) is 2.95. The molecule has 0 unspecified atom stereocenters. The number of hydrogen-bond acceptors (Lipinski definition) is 7. The molecule has 1 saturated heterocycles. The summed E-state index contributed by atoms with van der Waals surface area (Å²) in [6.45, 7) is 1.63. The van der Waals surface area contributed by atoms with Crippen molar-refractivity contribution in [3.05, 3.63) is 95.6 Å². The number of amides is 2. The lowest BCUT2D eigenvalue weighted by molar-refractivity contribution is -0.116. The summed E-state index contributed by atoms with van der Waals surface area (Å²) < 4.78 is 42.9. The second-order valence-corrected chi connectivity index (χ2v) is 13.8. The van der Waals surface area contributed by atoms with Gasteiger partial charge in [-0.15, -0.1) is 10.2 Å². The maximum atomic E-state index is 13.8. The SMILES string of the molecule is O=C(NCc1nnc(SCC(=O)N2CCCc3ccccc32)n1-c1ccc(F)cc1)c1ccc(S(=O)(=O)N2CCCCC2)cc1. The van der Waals surface area contributed by atoms with Crippen LogP contribution in [-0.4, -0.2) is 64.7 Å². The van der Waals surface area contributed by atoms with Gasteiger partial charge in [0.05, 0.1) is 17.2 Å². The topological polar surface area (TPSA) is 117 Å². The zero-order valence-electron chi connectivity index (χ0n) is 24.6. The first-order valence-corrected chi connectivity index (χ1v) is 17.3. The molecule has 13 heteroatoms. The van der Waals surface area contributed by atoms with Crippen LogP contribution in [0.1, 0.15) is 47.4 Å². The number of hydrogen-bond donors (Lipinski definition) is 1. The van der Waals surface area contributed by atoms with Gasteiger partial charge >= 0.3 is 0 Å². The molecule has 0 bridgehead atoms. The Hall–Kier alpha value is -4.07. The maximum Gasteiger partial charge on any atom is 0.251 e. The number of rotatable bonds is 9. The van der Waals surface area contributed by atoms with Crippen molar-refractivity contribution < 1.29 is 22.4 Å². The molecule has 1 aromatic heterocycles. The van der Waals surface area contributed by atoms with Crippen molar-refractivity contribution in [1.29, 1.82) is 0 Å². The fourth-order valence-electron chi connectivity index (χ4n) is 5.65.